The second-order valence-electron chi connectivity index (χ2n) is 3.31. The minimum absolute atomic E-state index is 0.0176. The normalized spacial score (nSPS) is 10.5. The van der Waals surface area contributed by atoms with Gasteiger partial charge < -0.3 is 5.73 Å². The van der Waals surface area contributed by atoms with Crippen LogP contribution >= 0.6 is 43.2 Å². The molecule has 0 aliphatic heterocycles. The molecule has 0 atom stereocenters. The Labute approximate surface area is 118 Å². The molecule has 0 aliphatic carbocycles. The van der Waals surface area contributed by atoms with E-state index in [1.54, 1.807) is 6.07 Å². The monoisotopic (exact) mass is 377 g/mol. The van der Waals surface area contributed by atoms with Gasteiger partial charge in [-0.1, -0.05) is 0 Å². The molecule has 88 valence electrons. The minimum atomic E-state index is -0.571. The number of halogens is 3. The van der Waals surface area contributed by atoms with Gasteiger partial charge in [-0.2, -0.15) is 0 Å². The lowest BCUT2D eigenvalue weighted by atomic mass is 10.1. The summed E-state index contributed by atoms with van der Waals surface area (Å²) in [7, 11) is 0. The number of nitrogen functional groups attached to an aromatic ring is 1. The third-order valence-corrected chi connectivity index (χ3v) is 4.48. The summed E-state index contributed by atoms with van der Waals surface area (Å²) in [5, 5.41) is 0. The summed E-state index contributed by atoms with van der Waals surface area (Å²) >= 11 is 7.91. The minimum Gasteiger partial charge on any atom is -0.399 e. The number of thiophene rings is 1. The van der Waals surface area contributed by atoms with Gasteiger partial charge in [0.25, 0.3) is 0 Å². The predicted molar refractivity (Wildman–Crippen MR) is 74.0 cm³/mol. The van der Waals surface area contributed by atoms with Gasteiger partial charge in [-0.15, -0.1) is 11.3 Å². The average molecular weight is 379 g/mol. The topological polar surface area (TPSA) is 43.1 Å². The van der Waals surface area contributed by atoms with Gasteiger partial charge in [0, 0.05) is 11.3 Å². The number of nitrogens with two attached hydrogens (primary N) is 1. The van der Waals surface area contributed by atoms with E-state index in [1.165, 1.54) is 29.5 Å². The second kappa shape index (κ2) is 4.88. The molecular weight excluding hydrogens is 373 g/mol. The Kier molecular flexibility index (Phi) is 3.65. The Hall–Kier alpha value is -0.720. The lowest BCUT2D eigenvalue weighted by molar-refractivity contribution is 0.103. The smallest absolute Gasteiger partial charge is 0.198 e. The first-order valence-corrected chi connectivity index (χ1v) is 6.94. The third kappa shape index (κ3) is 2.59. The van der Waals surface area contributed by atoms with E-state index in [1.807, 2.05) is 0 Å². The van der Waals surface area contributed by atoms with E-state index in [0.717, 1.165) is 3.79 Å². The molecule has 0 aliphatic rings. The van der Waals surface area contributed by atoms with Gasteiger partial charge in [-0.25, -0.2) is 4.39 Å². The molecule has 1 aromatic heterocycles. The number of carbonyl (C=O) groups is 1. The highest BCUT2D eigenvalue weighted by atomic mass is 79.9. The van der Waals surface area contributed by atoms with Gasteiger partial charge >= 0.3 is 0 Å². The van der Waals surface area contributed by atoms with Gasteiger partial charge in [0.05, 0.1) is 13.1 Å². The molecule has 2 aromatic rings. The van der Waals surface area contributed by atoms with Gasteiger partial charge in [0.2, 0.25) is 0 Å². The number of hydrogen-bond acceptors (Lipinski definition) is 3. The molecule has 0 spiro atoms. The molecule has 17 heavy (non-hydrogen) atoms. The molecular formula is C11H6Br2FNOS. The quantitative estimate of drug-likeness (QED) is 0.627. The van der Waals surface area contributed by atoms with E-state index in [0.29, 0.717) is 15.0 Å². The van der Waals surface area contributed by atoms with E-state index < -0.39 is 5.82 Å². The number of hydrogen-bond donors (Lipinski definition) is 1. The summed E-state index contributed by atoms with van der Waals surface area (Å²) in [6.45, 7) is 0. The van der Waals surface area contributed by atoms with Gasteiger partial charge in [0.15, 0.2) is 5.78 Å². The van der Waals surface area contributed by atoms with Crippen LogP contribution in [0.2, 0.25) is 0 Å². The van der Waals surface area contributed by atoms with Crippen LogP contribution in [-0.4, -0.2) is 5.78 Å². The first kappa shape index (κ1) is 12.7. The van der Waals surface area contributed by atoms with Crippen LogP contribution < -0.4 is 5.73 Å². The third-order valence-electron chi connectivity index (χ3n) is 2.14. The van der Waals surface area contributed by atoms with Crippen LogP contribution in [0, 0.1) is 5.82 Å². The Bertz CT molecular complexity index is 597. The highest BCUT2D eigenvalue weighted by Gasteiger charge is 2.19. The summed E-state index contributed by atoms with van der Waals surface area (Å²) in [6.07, 6.45) is 0. The molecule has 2 nitrogen and oxygen atoms in total. The highest BCUT2D eigenvalue weighted by molar-refractivity contribution is 9.12. The van der Waals surface area contributed by atoms with Gasteiger partial charge in [0.1, 0.15) is 5.82 Å². The van der Waals surface area contributed by atoms with E-state index >= 15 is 0 Å². The molecule has 0 radical (unpaired) electrons. The molecule has 2 rings (SSSR count). The van der Waals surface area contributed by atoms with Crippen LogP contribution in [-0.2, 0) is 0 Å². The summed E-state index contributed by atoms with van der Waals surface area (Å²) in [4.78, 5) is 12.1. The van der Waals surface area contributed by atoms with Crippen molar-refractivity contribution in [2.45, 2.75) is 0 Å². The molecule has 1 heterocycles. The van der Waals surface area contributed by atoms with Crippen LogP contribution in [0.5, 0.6) is 0 Å². The fourth-order valence-electron chi connectivity index (χ4n) is 1.36. The summed E-state index contributed by atoms with van der Waals surface area (Å²) in [6, 6.07) is 5.61. The number of carbonyl (C=O) groups excluding carboxylic acids is 1. The predicted octanol–water partition coefficient (Wildman–Crippen LogP) is 4.23. The van der Waals surface area contributed by atoms with Crippen molar-refractivity contribution in [3.8, 4) is 0 Å². The molecule has 0 amide bonds. The van der Waals surface area contributed by atoms with Crippen LogP contribution in [0.25, 0.3) is 0 Å². The summed E-state index contributed by atoms with van der Waals surface area (Å²) < 4.78 is 15.0. The molecule has 1 aromatic carbocycles. The number of ketones is 1. The van der Waals surface area contributed by atoms with Crippen LogP contribution in [0.4, 0.5) is 10.1 Å². The van der Waals surface area contributed by atoms with E-state index in [2.05, 4.69) is 31.9 Å². The van der Waals surface area contributed by atoms with Gasteiger partial charge in [-0.05, 0) is 56.1 Å². The molecule has 0 saturated heterocycles. The first-order chi connectivity index (χ1) is 7.99. The van der Waals surface area contributed by atoms with E-state index in [4.69, 9.17) is 5.73 Å². The van der Waals surface area contributed by atoms with E-state index in [-0.39, 0.29) is 11.3 Å². The second-order valence-corrected chi connectivity index (χ2v) is 7.06. The Morgan fingerprint density at radius 2 is 1.94 bits per heavy atom. The van der Waals surface area contributed by atoms with E-state index in [9.17, 15) is 9.18 Å². The summed E-state index contributed by atoms with van der Waals surface area (Å²) in [5.74, 6) is -0.956. The largest absolute Gasteiger partial charge is 0.399 e. The Morgan fingerprint density at radius 1 is 1.24 bits per heavy atom. The Balaban J connectivity index is 2.50. The van der Waals surface area contributed by atoms with Crippen LogP contribution in [0.3, 0.4) is 0 Å². The maximum absolute atomic E-state index is 13.5. The molecule has 0 bridgehead atoms. The number of rotatable bonds is 2. The number of benzene rings is 1. The van der Waals surface area contributed by atoms with Crippen molar-refractivity contribution in [1.29, 1.82) is 0 Å². The van der Waals surface area contributed by atoms with Crippen molar-refractivity contribution in [3.63, 3.8) is 0 Å². The lowest BCUT2D eigenvalue weighted by Crippen LogP contribution is -2.04. The molecule has 6 heteroatoms. The fourth-order valence-corrected chi connectivity index (χ4v) is 4.15. The van der Waals surface area contributed by atoms with Crippen molar-refractivity contribution >= 4 is 54.7 Å². The highest BCUT2D eigenvalue weighted by Crippen LogP contribution is 2.33. The maximum atomic E-state index is 13.5. The fraction of sp³-hybridized carbons (Fsp3) is 0. The molecule has 2 N–H and O–H groups in total. The average Bonchev–Trinajstić information content (AvgIpc) is 2.60. The molecule has 0 unspecified atom stereocenters. The van der Waals surface area contributed by atoms with Crippen molar-refractivity contribution in [2.75, 3.05) is 5.73 Å². The van der Waals surface area contributed by atoms with Crippen LogP contribution in [0.15, 0.2) is 31.8 Å². The maximum Gasteiger partial charge on any atom is 0.198 e. The Morgan fingerprint density at radius 3 is 2.53 bits per heavy atom. The zero-order chi connectivity index (χ0) is 12.6. The molecule has 0 saturated carbocycles. The van der Waals surface area contributed by atoms with Gasteiger partial charge in [-0.3, -0.25) is 4.79 Å². The van der Waals surface area contributed by atoms with Crippen molar-refractivity contribution in [1.82, 2.24) is 0 Å². The lowest BCUT2D eigenvalue weighted by Gasteiger charge is -2.02. The van der Waals surface area contributed by atoms with Crippen molar-refractivity contribution in [2.24, 2.45) is 0 Å². The SMILES string of the molecule is Nc1ccc(F)c(C(=O)c2cc(Br)sc2Br)c1. The first-order valence-electron chi connectivity index (χ1n) is 4.53. The van der Waals surface area contributed by atoms with Crippen molar-refractivity contribution < 1.29 is 9.18 Å². The molecule has 0 fully saturated rings. The zero-order valence-electron chi connectivity index (χ0n) is 8.34. The van der Waals surface area contributed by atoms with Crippen molar-refractivity contribution in [3.05, 3.63) is 48.8 Å². The standard InChI is InChI=1S/C11H6Br2FNOS/c12-9-4-7(11(13)17-9)10(16)6-3-5(15)1-2-8(6)14/h1-4H,15H2. The number of anilines is 1. The zero-order valence-corrected chi connectivity index (χ0v) is 12.3. The summed E-state index contributed by atoms with van der Waals surface area (Å²) in [5.41, 5.74) is 6.32. The van der Waals surface area contributed by atoms with Crippen LogP contribution in [0.1, 0.15) is 15.9 Å².